The zero-order valence-electron chi connectivity index (χ0n) is 11.5. The number of carboxylic acid groups (broad SMARTS) is 1. The third-order valence-corrected chi connectivity index (χ3v) is 4.09. The lowest BCUT2D eigenvalue weighted by atomic mass is 10.2. The van der Waals surface area contributed by atoms with Gasteiger partial charge in [-0.25, -0.2) is 4.79 Å². The number of aromatic carboxylic acids is 1. The fourth-order valence-electron chi connectivity index (χ4n) is 2.00. The van der Waals surface area contributed by atoms with Crippen LogP contribution in [0, 0.1) is 0 Å². The fraction of sp³-hybridized carbons (Fsp3) is 0.538. The summed E-state index contributed by atoms with van der Waals surface area (Å²) in [5.74, 6) is -0.859. The van der Waals surface area contributed by atoms with E-state index in [-0.39, 0.29) is 0 Å². The van der Waals surface area contributed by atoms with Gasteiger partial charge in [-0.1, -0.05) is 13.3 Å². The molecule has 0 radical (unpaired) electrons. The van der Waals surface area contributed by atoms with Crippen LogP contribution in [0.4, 0.5) is 0 Å². The molecular weight excluding hydrogens is 262 g/mol. The van der Waals surface area contributed by atoms with Gasteiger partial charge in [-0.05, 0) is 26.6 Å². The van der Waals surface area contributed by atoms with E-state index in [0.717, 1.165) is 41.8 Å². The molecule has 2 aromatic heterocycles. The number of hydrogen-bond acceptors (Lipinski definition) is 4. The van der Waals surface area contributed by atoms with E-state index >= 15 is 0 Å². The van der Waals surface area contributed by atoms with E-state index in [9.17, 15) is 4.79 Å². The Morgan fingerprint density at radius 3 is 2.84 bits per heavy atom. The van der Waals surface area contributed by atoms with Crippen molar-refractivity contribution in [2.75, 3.05) is 20.6 Å². The Morgan fingerprint density at radius 2 is 2.26 bits per heavy atom. The van der Waals surface area contributed by atoms with Crippen LogP contribution in [0.3, 0.4) is 0 Å². The Labute approximate surface area is 116 Å². The lowest BCUT2D eigenvalue weighted by Crippen LogP contribution is -2.18. The van der Waals surface area contributed by atoms with Gasteiger partial charge in [0.1, 0.15) is 9.71 Å². The molecule has 0 saturated heterocycles. The van der Waals surface area contributed by atoms with Gasteiger partial charge in [0.2, 0.25) is 0 Å². The van der Waals surface area contributed by atoms with E-state index in [1.54, 1.807) is 6.07 Å². The van der Waals surface area contributed by atoms with Gasteiger partial charge in [-0.3, -0.25) is 4.68 Å². The quantitative estimate of drug-likeness (QED) is 0.882. The first-order chi connectivity index (χ1) is 9.02. The Bertz CT molecular complexity index is 586. The summed E-state index contributed by atoms with van der Waals surface area (Å²) in [4.78, 5) is 14.6. The molecule has 0 saturated carbocycles. The summed E-state index contributed by atoms with van der Waals surface area (Å²) in [7, 11) is 4.04. The first-order valence-corrected chi connectivity index (χ1v) is 7.21. The summed E-state index contributed by atoms with van der Waals surface area (Å²) in [6, 6.07) is 1.76. The van der Waals surface area contributed by atoms with Crippen LogP contribution in [-0.4, -0.2) is 46.4 Å². The van der Waals surface area contributed by atoms with Crippen molar-refractivity contribution < 1.29 is 9.90 Å². The molecule has 0 bridgehead atoms. The van der Waals surface area contributed by atoms with Crippen molar-refractivity contribution in [2.24, 2.45) is 0 Å². The van der Waals surface area contributed by atoms with Crippen LogP contribution in [0.5, 0.6) is 0 Å². The fourth-order valence-corrected chi connectivity index (χ4v) is 2.99. The van der Waals surface area contributed by atoms with Crippen LogP contribution < -0.4 is 0 Å². The molecule has 2 rings (SSSR count). The van der Waals surface area contributed by atoms with E-state index in [1.165, 1.54) is 11.3 Å². The highest BCUT2D eigenvalue weighted by Crippen LogP contribution is 2.29. The standard InChI is InChI=1S/C13H19N3O2S/c1-4-5-10-9-8-11(13(17)18)19-12(9)16(14-10)7-6-15(2)3/h8H,4-7H2,1-3H3,(H,17,18). The maximum atomic E-state index is 11.1. The first-order valence-electron chi connectivity index (χ1n) is 6.40. The zero-order valence-corrected chi connectivity index (χ0v) is 12.3. The average Bonchev–Trinajstić information content (AvgIpc) is 2.88. The zero-order chi connectivity index (χ0) is 14.0. The van der Waals surface area contributed by atoms with Gasteiger partial charge in [0.25, 0.3) is 0 Å². The number of carbonyl (C=O) groups is 1. The van der Waals surface area contributed by atoms with Crippen molar-refractivity contribution in [3.63, 3.8) is 0 Å². The highest BCUT2D eigenvalue weighted by Gasteiger charge is 2.17. The largest absolute Gasteiger partial charge is 0.477 e. The molecule has 0 aliphatic rings. The number of nitrogens with zero attached hydrogens (tertiary/aromatic N) is 3. The Morgan fingerprint density at radius 1 is 1.53 bits per heavy atom. The molecule has 0 unspecified atom stereocenters. The lowest BCUT2D eigenvalue weighted by Gasteiger charge is -2.09. The monoisotopic (exact) mass is 281 g/mol. The number of aromatic nitrogens is 2. The van der Waals surface area contributed by atoms with E-state index in [0.29, 0.717) is 4.88 Å². The number of rotatable bonds is 6. The van der Waals surface area contributed by atoms with Crippen LogP contribution >= 0.6 is 11.3 Å². The molecule has 104 valence electrons. The maximum Gasteiger partial charge on any atom is 0.345 e. The van der Waals surface area contributed by atoms with E-state index in [1.807, 2.05) is 18.8 Å². The van der Waals surface area contributed by atoms with Crippen LogP contribution in [0.2, 0.25) is 0 Å². The number of thiophene rings is 1. The van der Waals surface area contributed by atoms with Crippen molar-refractivity contribution in [1.82, 2.24) is 14.7 Å². The second-order valence-electron chi connectivity index (χ2n) is 4.86. The summed E-state index contributed by atoms with van der Waals surface area (Å²) in [5.41, 5.74) is 1.01. The molecule has 6 heteroatoms. The molecule has 2 heterocycles. The molecule has 0 fully saturated rings. The summed E-state index contributed by atoms with van der Waals surface area (Å²) >= 11 is 1.31. The summed E-state index contributed by atoms with van der Waals surface area (Å²) in [5, 5.41) is 14.7. The number of aryl methyl sites for hydroxylation is 1. The molecule has 19 heavy (non-hydrogen) atoms. The molecule has 0 atom stereocenters. The van der Waals surface area contributed by atoms with Gasteiger partial charge in [0.15, 0.2) is 0 Å². The highest BCUT2D eigenvalue weighted by molar-refractivity contribution is 7.20. The van der Waals surface area contributed by atoms with E-state index < -0.39 is 5.97 Å². The van der Waals surface area contributed by atoms with Gasteiger partial charge in [-0.2, -0.15) is 5.10 Å². The molecule has 0 aliphatic heterocycles. The second kappa shape index (κ2) is 5.71. The van der Waals surface area contributed by atoms with Crippen molar-refractivity contribution >= 4 is 27.5 Å². The number of carboxylic acids is 1. The molecule has 5 nitrogen and oxygen atoms in total. The highest BCUT2D eigenvalue weighted by atomic mass is 32.1. The van der Waals surface area contributed by atoms with Crippen LogP contribution in [0.25, 0.3) is 10.2 Å². The lowest BCUT2D eigenvalue weighted by molar-refractivity contribution is 0.0702. The summed E-state index contributed by atoms with van der Waals surface area (Å²) in [6.07, 6.45) is 1.90. The van der Waals surface area contributed by atoms with E-state index in [2.05, 4.69) is 16.9 Å². The third-order valence-electron chi connectivity index (χ3n) is 2.96. The Kier molecular flexibility index (Phi) is 4.21. The summed E-state index contributed by atoms with van der Waals surface area (Å²) in [6.45, 7) is 3.78. The molecule has 1 N–H and O–H groups in total. The molecule has 0 aliphatic carbocycles. The van der Waals surface area contributed by atoms with Gasteiger partial charge in [-0.15, -0.1) is 11.3 Å². The van der Waals surface area contributed by atoms with E-state index in [4.69, 9.17) is 5.11 Å². The van der Waals surface area contributed by atoms with Gasteiger partial charge < -0.3 is 10.0 Å². The van der Waals surface area contributed by atoms with Crippen molar-refractivity contribution in [1.29, 1.82) is 0 Å². The van der Waals surface area contributed by atoms with Crippen molar-refractivity contribution in [3.05, 3.63) is 16.6 Å². The molecule has 0 aromatic carbocycles. The van der Waals surface area contributed by atoms with Crippen molar-refractivity contribution in [2.45, 2.75) is 26.3 Å². The number of hydrogen-bond donors (Lipinski definition) is 1. The molecule has 0 spiro atoms. The minimum absolute atomic E-state index is 0.392. The normalized spacial score (nSPS) is 11.6. The van der Waals surface area contributed by atoms with Gasteiger partial charge in [0, 0.05) is 11.9 Å². The summed E-state index contributed by atoms with van der Waals surface area (Å²) < 4.78 is 1.94. The smallest absolute Gasteiger partial charge is 0.345 e. The van der Waals surface area contributed by atoms with Crippen LogP contribution in [0.15, 0.2) is 6.07 Å². The number of fused-ring (bicyclic) bond motifs is 1. The second-order valence-corrected chi connectivity index (χ2v) is 5.89. The average molecular weight is 281 g/mol. The maximum absolute atomic E-state index is 11.1. The molecular formula is C13H19N3O2S. The molecule has 0 amide bonds. The SMILES string of the molecule is CCCc1nn(CCN(C)C)c2sc(C(=O)O)cc12. The van der Waals surface area contributed by atoms with Crippen LogP contribution in [-0.2, 0) is 13.0 Å². The number of likely N-dealkylation sites (N-methyl/N-ethyl adjacent to an activating group) is 1. The molecule has 2 aromatic rings. The predicted molar refractivity (Wildman–Crippen MR) is 77.1 cm³/mol. The van der Waals surface area contributed by atoms with Gasteiger partial charge in [0.05, 0.1) is 12.2 Å². The Balaban J connectivity index is 2.41. The first kappa shape index (κ1) is 14.0. The van der Waals surface area contributed by atoms with Gasteiger partial charge >= 0.3 is 5.97 Å². The van der Waals surface area contributed by atoms with Crippen molar-refractivity contribution in [3.8, 4) is 0 Å². The Hall–Kier alpha value is -1.40. The topological polar surface area (TPSA) is 58.4 Å². The minimum atomic E-state index is -0.859. The van der Waals surface area contributed by atoms with Crippen LogP contribution in [0.1, 0.15) is 28.7 Å². The third kappa shape index (κ3) is 2.96. The predicted octanol–water partition coefficient (Wildman–Crippen LogP) is 2.31. The minimum Gasteiger partial charge on any atom is -0.477 e.